The number of halogens is 6. The second-order valence-electron chi connectivity index (χ2n) is 10.4. The zero-order valence-electron chi connectivity index (χ0n) is 21.9. The van der Waals surface area contributed by atoms with Crippen molar-refractivity contribution < 1.29 is 47.7 Å². The van der Waals surface area contributed by atoms with E-state index in [0.29, 0.717) is 18.5 Å². The van der Waals surface area contributed by atoms with Gasteiger partial charge >= 0.3 is 10.2 Å². The van der Waals surface area contributed by atoms with Crippen LogP contribution in [0.15, 0.2) is 35.4 Å². The summed E-state index contributed by atoms with van der Waals surface area (Å²) in [6.45, 7) is 0.544. The van der Waals surface area contributed by atoms with Crippen LogP contribution < -0.4 is 11.1 Å². The molecule has 1 aromatic carbocycles. The summed E-state index contributed by atoms with van der Waals surface area (Å²) in [5, 5.41) is 2.59. The standard InChI is InChI=1S/C25H27F6N5O5S/c26-17-9-33-23(32)22(34-24(38)19-10-36(13-37)18-11-40-12-20(18)41-19)21(17)14-5-7-35(8-6-14)25(39)15-1-3-16(4-2-15)42(27,28,29,30)31/h1-4,9,13-14,18-20H,5-8,10-12H2,(H2,32,33)(H,34,38). The smallest absolute Gasteiger partial charge is 0.310 e. The van der Waals surface area contributed by atoms with Crippen molar-refractivity contribution in [1.82, 2.24) is 14.8 Å². The van der Waals surface area contributed by atoms with Gasteiger partial charge in [0.25, 0.3) is 11.8 Å². The fourth-order valence-corrected chi connectivity index (χ4v) is 6.12. The van der Waals surface area contributed by atoms with Crippen LogP contribution in [-0.2, 0) is 19.1 Å². The van der Waals surface area contributed by atoms with Gasteiger partial charge in [-0.15, -0.1) is 0 Å². The van der Waals surface area contributed by atoms with Crippen LogP contribution in [0.25, 0.3) is 0 Å². The molecule has 3 aliphatic rings. The molecule has 17 heteroatoms. The molecular weight excluding hydrogens is 596 g/mol. The maximum Gasteiger partial charge on any atom is 0.310 e. The Morgan fingerprint density at radius 2 is 1.74 bits per heavy atom. The second-order valence-corrected chi connectivity index (χ2v) is 12.8. The first-order chi connectivity index (χ1) is 19.6. The van der Waals surface area contributed by atoms with Gasteiger partial charge in [-0.1, -0.05) is 19.4 Å². The number of piperidine rings is 1. The SMILES string of the molecule is Nc1ncc(F)c(C2CCN(C(=O)c3ccc(S(F)(F)(F)(F)F)cc3)CC2)c1NC(=O)C1CN(C=O)C2COCC2O1. The molecule has 230 valence electrons. The Morgan fingerprint density at radius 3 is 2.36 bits per heavy atom. The van der Waals surface area contributed by atoms with Crippen molar-refractivity contribution in [3.63, 3.8) is 0 Å². The van der Waals surface area contributed by atoms with Gasteiger partial charge in [0.05, 0.1) is 37.7 Å². The normalized spacial score (nSPS) is 24.9. The van der Waals surface area contributed by atoms with Gasteiger partial charge in [-0.2, -0.15) is 0 Å². The molecule has 4 heterocycles. The minimum Gasteiger partial charge on any atom is -0.382 e. The molecule has 5 rings (SSSR count). The number of amides is 3. The number of fused-ring (bicyclic) bond motifs is 1. The average molecular weight is 624 g/mol. The van der Waals surface area contributed by atoms with E-state index < -0.39 is 50.9 Å². The van der Waals surface area contributed by atoms with Crippen molar-refractivity contribution >= 4 is 40.0 Å². The van der Waals surface area contributed by atoms with E-state index in [1.807, 2.05) is 0 Å². The maximum atomic E-state index is 15.1. The number of nitrogens with one attached hydrogen (secondary N) is 1. The van der Waals surface area contributed by atoms with Crippen molar-refractivity contribution in [2.24, 2.45) is 0 Å². The van der Waals surface area contributed by atoms with E-state index in [9.17, 15) is 33.8 Å². The van der Waals surface area contributed by atoms with Gasteiger partial charge in [0.1, 0.15) is 22.6 Å². The lowest BCUT2D eigenvalue weighted by molar-refractivity contribution is -0.151. The summed E-state index contributed by atoms with van der Waals surface area (Å²) in [7, 11) is -9.88. The second kappa shape index (κ2) is 10.0. The first-order valence-corrected chi connectivity index (χ1v) is 14.8. The minimum atomic E-state index is -9.88. The third-order valence-electron chi connectivity index (χ3n) is 7.65. The number of morpholine rings is 1. The summed E-state index contributed by atoms with van der Waals surface area (Å²) in [6, 6.07) is 1.42. The van der Waals surface area contributed by atoms with Crippen LogP contribution in [0.2, 0.25) is 0 Å². The highest BCUT2D eigenvalue weighted by Gasteiger charge is 2.65. The molecule has 3 fully saturated rings. The summed E-state index contributed by atoms with van der Waals surface area (Å²) in [5.41, 5.74) is 5.80. The number of rotatable bonds is 6. The molecule has 1 aromatic heterocycles. The highest BCUT2D eigenvalue weighted by molar-refractivity contribution is 8.45. The Balaban J connectivity index is 1.28. The highest BCUT2D eigenvalue weighted by atomic mass is 32.5. The minimum absolute atomic E-state index is 0.0541. The molecule has 3 atom stereocenters. The van der Waals surface area contributed by atoms with Gasteiger partial charge in [-0.05, 0) is 43.0 Å². The summed E-state index contributed by atoms with van der Waals surface area (Å²) >= 11 is 0. The van der Waals surface area contributed by atoms with Crippen molar-refractivity contribution in [2.75, 3.05) is 43.9 Å². The molecule has 3 aliphatic heterocycles. The van der Waals surface area contributed by atoms with Crippen molar-refractivity contribution in [3.8, 4) is 0 Å². The van der Waals surface area contributed by atoms with Crippen LogP contribution >= 0.6 is 10.2 Å². The number of hydrogen-bond donors (Lipinski definition) is 2. The summed E-state index contributed by atoms with van der Waals surface area (Å²) in [6.07, 6.45) is 0.306. The molecule has 0 aliphatic carbocycles. The Labute approximate surface area is 235 Å². The van der Waals surface area contributed by atoms with Crippen molar-refractivity contribution in [2.45, 2.75) is 41.9 Å². The van der Waals surface area contributed by atoms with Gasteiger partial charge in [-0.25, -0.2) is 9.37 Å². The Bertz CT molecular complexity index is 1410. The van der Waals surface area contributed by atoms with Crippen LogP contribution in [0.1, 0.15) is 34.7 Å². The van der Waals surface area contributed by atoms with E-state index in [-0.39, 0.29) is 86.5 Å². The number of nitrogens with zero attached hydrogens (tertiary/aromatic N) is 3. The van der Waals surface area contributed by atoms with Crippen LogP contribution in [-0.4, -0.2) is 84.1 Å². The number of carbonyl (C=O) groups is 3. The van der Waals surface area contributed by atoms with E-state index >= 15 is 4.39 Å². The third-order valence-corrected chi connectivity index (χ3v) is 8.82. The Hall–Kier alpha value is -3.57. The predicted molar refractivity (Wildman–Crippen MR) is 139 cm³/mol. The number of hydrogen-bond acceptors (Lipinski definition) is 7. The zero-order valence-corrected chi connectivity index (χ0v) is 22.7. The Morgan fingerprint density at radius 1 is 1.07 bits per heavy atom. The quantitative estimate of drug-likeness (QED) is 0.367. The van der Waals surface area contributed by atoms with E-state index in [1.165, 1.54) is 9.80 Å². The predicted octanol–water partition coefficient (Wildman–Crippen LogP) is 4.04. The van der Waals surface area contributed by atoms with Crippen LogP contribution in [0, 0.1) is 5.82 Å². The highest BCUT2D eigenvalue weighted by Crippen LogP contribution is 3.02. The number of likely N-dealkylation sites (tertiary alicyclic amines) is 1. The van der Waals surface area contributed by atoms with Crippen LogP contribution in [0.3, 0.4) is 0 Å². The topological polar surface area (TPSA) is 127 Å². The monoisotopic (exact) mass is 623 g/mol. The lowest BCUT2D eigenvalue weighted by Crippen LogP contribution is -2.56. The Kier molecular flexibility index (Phi) is 7.13. The van der Waals surface area contributed by atoms with Gasteiger partial charge in [0.15, 0.2) is 6.10 Å². The number of carbonyl (C=O) groups excluding carboxylic acids is 3. The largest absolute Gasteiger partial charge is 0.382 e. The molecule has 0 bridgehead atoms. The molecule has 42 heavy (non-hydrogen) atoms. The molecule has 2 aromatic rings. The number of nitrogens with two attached hydrogens (primary N) is 1. The van der Waals surface area contributed by atoms with E-state index in [2.05, 4.69) is 10.3 Å². The molecule has 3 saturated heterocycles. The molecule has 0 radical (unpaired) electrons. The molecule has 3 unspecified atom stereocenters. The first kappa shape index (κ1) is 29.9. The number of pyridine rings is 1. The van der Waals surface area contributed by atoms with Gasteiger partial charge in [0.2, 0.25) is 6.41 Å². The lowest BCUT2D eigenvalue weighted by atomic mass is 9.88. The van der Waals surface area contributed by atoms with Crippen LogP contribution in [0.4, 0.5) is 35.3 Å². The number of aromatic nitrogens is 1. The fraction of sp³-hybridized carbons (Fsp3) is 0.440. The van der Waals surface area contributed by atoms with Gasteiger partial charge < -0.3 is 30.3 Å². The number of ether oxygens (including phenoxy) is 2. The third kappa shape index (κ3) is 5.98. The summed E-state index contributed by atoms with van der Waals surface area (Å²) < 4.78 is 91.3. The molecule has 3 N–H and O–H groups in total. The molecule has 0 spiro atoms. The van der Waals surface area contributed by atoms with E-state index in [0.717, 1.165) is 6.20 Å². The molecule has 3 amide bonds. The van der Waals surface area contributed by atoms with Gasteiger partial charge in [-0.3, -0.25) is 14.4 Å². The van der Waals surface area contributed by atoms with E-state index in [1.54, 1.807) is 0 Å². The number of anilines is 2. The van der Waals surface area contributed by atoms with Crippen molar-refractivity contribution in [3.05, 3.63) is 47.4 Å². The van der Waals surface area contributed by atoms with Crippen molar-refractivity contribution in [1.29, 1.82) is 0 Å². The maximum absolute atomic E-state index is 15.1. The summed E-state index contributed by atoms with van der Waals surface area (Å²) in [5.74, 6) is -2.79. The lowest BCUT2D eigenvalue weighted by Gasteiger charge is -2.40. The number of nitrogen functional groups attached to an aromatic ring is 1. The summed E-state index contributed by atoms with van der Waals surface area (Å²) in [4.78, 5) is 42.0. The number of benzene rings is 1. The molecular formula is C25H27F6N5O5S. The molecule has 0 saturated carbocycles. The average Bonchev–Trinajstić information content (AvgIpc) is 3.42. The molecule has 10 nitrogen and oxygen atoms in total. The van der Waals surface area contributed by atoms with Gasteiger partial charge in [0, 0.05) is 24.2 Å². The zero-order chi connectivity index (χ0) is 30.5. The fourth-order valence-electron chi connectivity index (χ4n) is 5.47. The van der Waals surface area contributed by atoms with E-state index in [4.69, 9.17) is 15.2 Å². The first-order valence-electron chi connectivity index (χ1n) is 12.9. The van der Waals surface area contributed by atoms with Crippen LogP contribution in [0.5, 0.6) is 0 Å².